The minimum absolute atomic E-state index is 0.939. The van der Waals surface area contributed by atoms with Gasteiger partial charge in [0, 0.05) is 19.1 Å². The molecular formula is C14H26N2. The molecule has 1 unspecified atom stereocenters. The fourth-order valence-electron chi connectivity index (χ4n) is 3.23. The topological polar surface area (TPSA) is 15.3 Å². The van der Waals surface area contributed by atoms with Gasteiger partial charge >= 0.3 is 0 Å². The highest BCUT2D eigenvalue weighted by Gasteiger charge is 2.33. The van der Waals surface area contributed by atoms with Crippen molar-refractivity contribution in [3.05, 3.63) is 0 Å². The van der Waals surface area contributed by atoms with Crippen LogP contribution in [0, 0.1) is 11.8 Å². The van der Waals surface area contributed by atoms with Crippen molar-refractivity contribution in [2.45, 2.75) is 51.0 Å². The third kappa shape index (κ3) is 2.78. The third-order valence-corrected chi connectivity index (χ3v) is 4.67. The van der Waals surface area contributed by atoms with Crippen molar-refractivity contribution in [1.29, 1.82) is 0 Å². The van der Waals surface area contributed by atoms with Crippen LogP contribution in [0.4, 0.5) is 0 Å². The molecule has 2 heteroatoms. The summed E-state index contributed by atoms with van der Waals surface area (Å²) in [6, 6.07) is 0.975. The van der Waals surface area contributed by atoms with E-state index < -0.39 is 0 Å². The van der Waals surface area contributed by atoms with Gasteiger partial charge in [-0.15, -0.1) is 0 Å². The molecule has 2 saturated carbocycles. The van der Waals surface area contributed by atoms with Crippen molar-refractivity contribution in [1.82, 2.24) is 10.2 Å². The van der Waals surface area contributed by atoms with Gasteiger partial charge in [-0.3, -0.25) is 4.90 Å². The zero-order valence-electron chi connectivity index (χ0n) is 10.5. The lowest BCUT2D eigenvalue weighted by molar-refractivity contribution is 0.141. The summed E-state index contributed by atoms with van der Waals surface area (Å²) in [7, 11) is 0. The molecular weight excluding hydrogens is 196 g/mol. The summed E-state index contributed by atoms with van der Waals surface area (Å²) in [5.74, 6) is 1.99. The van der Waals surface area contributed by atoms with E-state index in [9.17, 15) is 0 Å². The number of rotatable bonds is 5. The highest BCUT2D eigenvalue weighted by molar-refractivity contribution is 4.88. The molecule has 0 aromatic rings. The summed E-state index contributed by atoms with van der Waals surface area (Å²) < 4.78 is 0. The lowest BCUT2D eigenvalue weighted by Gasteiger charge is -2.35. The quantitative estimate of drug-likeness (QED) is 0.767. The van der Waals surface area contributed by atoms with Crippen molar-refractivity contribution in [3.63, 3.8) is 0 Å². The Morgan fingerprint density at radius 3 is 2.19 bits per heavy atom. The third-order valence-electron chi connectivity index (χ3n) is 4.67. The maximum atomic E-state index is 3.55. The first-order chi connectivity index (χ1) is 7.92. The molecule has 1 atom stereocenters. The van der Waals surface area contributed by atoms with Gasteiger partial charge in [-0.2, -0.15) is 0 Å². The average Bonchev–Trinajstić information content (AvgIpc) is 3.07. The summed E-state index contributed by atoms with van der Waals surface area (Å²) in [6.07, 6.45) is 10.3. The molecule has 1 heterocycles. The van der Waals surface area contributed by atoms with Gasteiger partial charge in [0.2, 0.25) is 0 Å². The van der Waals surface area contributed by atoms with Gasteiger partial charge in [0.05, 0.1) is 0 Å². The molecule has 1 N–H and O–H groups in total. The number of nitrogens with zero attached hydrogens (tertiary/aromatic N) is 1. The molecule has 0 aromatic carbocycles. The van der Waals surface area contributed by atoms with Crippen LogP contribution in [0.5, 0.6) is 0 Å². The maximum absolute atomic E-state index is 3.55. The summed E-state index contributed by atoms with van der Waals surface area (Å²) in [4.78, 5) is 2.83. The Kier molecular flexibility index (Phi) is 3.49. The standard InChI is InChI=1S/C14H26N2/c1-3-12(4-1)10-16(14-6-7-14)11-13-5-2-8-15-9-13/h12-15H,1-11H2. The predicted octanol–water partition coefficient (Wildman–Crippen LogP) is 2.25. The first-order valence-corrected chi connectivity index (χ1v) is 7.36. The Bertz CT molecular complexity index is 215. The van der Waals surface area contributed by atoms with Crippen molar-refractivity contribution >= 4 is 0 Å². The molecule has 3 aliphatic rings. The zero-order chi connectivity index (χ0) is 10.8. The summed E-state index contributed by atoms with van der Waals surface area (Å²) >= 11 is 0. The Morgan fingerprint density at radius 2 is 1.62 bits per heavy atom. The van der Waals surface area contributed by atoms with Gasteiger partial charge in [-0.05, 0) is 63.5 Å². The van der Waals surface area contributed by atoms with Crippen molar-refractivity contribution in [2.75, 3.05) is 26.2 Å². The van der Waals surface area contributed by atoms with E-state index in [1.165, 1.54) is 71.1 Å². The Labute approximate surface area is 99.8 Å². The van der Waals surface area contributed by atoms with E-state index in [0.717, 1.165) is 17.9 Å². The van der Waals surface area contributed by atoms with Crippen LogP contribution < -0.4 is 5.32 Å². The number of piperidine rings is 1. The first-order valence-electron chi connectivity index (χ1n) is 7.36. The second kappa shape index (κ2) is 5.05. The van der Waals surface area contributed by atoms with E-state index in [4.69, 9.17) is 0 Å². The van der Waals surface area contributed by atoms with Crippen LogP contribution in [0.3, 0.4) is 0 Å². The molecule has 92 valence electrons. The lowest BCUT2D eigenvalue weighted by atomic mass is 9.84. The minimum atomic E-state index is 0.939. The number of hydrogen-bond acceptors (Lipinski definition) is 2. The van der Waals surface area contributed by atoms with E-state index in [1.54, 1.807) is 0 Å². The summed E-state index contributed by atoms with van der Waals surface area (Å²) in [5.41, 5.74) is 0. The normalized spacial score (nSPS) is 31.7. The SMILES string of the molecule is C1CC(CN(CC2CCCNC2)C2CC2)C1. The van der Waals surface area contributed by atoms with Crippen LogP contribution >= 0.6 is 0 Å². The van der Waals surface area contributed by atoms with Crippen molar-refractivity contribution in [2.24, 2.45) is 11.8 Å². The molecule has 3 fully saturated rings. The van der Waals surface area contributed by atoms with Crippen LogP contribution in [0.1, 0.15) is 44.9 Å². The Balaban J connectivity index is 1.47. The molecule has 0 radical (unpaired) electrons. The van der Waals surface area contributed by atoms with Gasteiger partial charge in [0.15, 0.2) is 0 Å². The van der Waals surface area contributed by atoms with Crippen LogP contribution in [-0.4, -0.2) is 37.1 Å². The maximum Gasteiger partial charge on any atom is 0.00966 e. The molecule has 0 amide bonds. The molecule has 1 saturated heterocycles. The van der Waals surface area contributed by atoms with Gasteiger partial charge in [0.1, 0.15) is 0 Å². The van der Waals surface area contributed by atoms with E-state index in [2.05, 4.69) is 10.2 Å². The van der Waals surface area contributed by atoms with E-state index in [0.29, 0.717) is 0 Å². The molecule has 2 aliphatic carbocycles. The van der Waals surface area contributed by atoms with Gasteiger partial charge in [-0.1, -0.05) is 6.42 Å². The van der Waals surface area contributed by atoms with Crippen LogP contribution in [0.25, 0.3) is 0 Å². The summed E-state index contributed by atoms with van der Waals surface area (Å²) in [5, 5.41) is 3.55. The molecule has 2 nitrogen and oxygen atoms in total. The van der Waals surface area contributed by atoms with Gasteiger partial charge in [0.25, 0.3) is 0 Å². The van der Waals surface area contributed by atoms with Crippen LogP contribution in [0.15, 0.2) is 0 Å². The molecule has 0 spiro atoms. The van der Waals surface area contributed by atoms with E-state index in [-0.39, 0.29) is 0 Å². The molecule has 16 heavy (non-hydrogen) atoms. The monoisotopic (exact) mass is 222 g/mol. The smallest absolute Gasteiger partial charge is 0.00966 e. The predicted molar refractivity (Wildman–Crippen MR) is 67.5 cm³/mol. The largest absolute Gasteiger partial charge is 0.316 e. The van der Waals surface area contributed by atoms with Gasteiger partial charge < -0.3 is 5.32 Å². The van der Waals surface area contributed by atoms with Crippen molar-refractivity contribution < 1.29 is 0 Å². The van der Waals surface area contributed by atoms with E-state index in [1.807, 2.05) is 0 Å². The molecule has 3 rings (SSSR count). The fourth-order valence-corrected chi connectivity index (χ4v) is 3.23. The van der Waals surface area contributed by atoms with E-state index >= 15 is 0 Å². The second-order valence-corrected chi connectivity index (χ2v) is 6.19. The highest BCUT2D eigenvalue weighted by Crippen LogP contribution is 2.33. The van der Waals surface area contributed by atoms with Crippen LogP contribution in [0.2, 0.25) is 0 Å². The fraction of sp³-hybridized carbons (Fsp3) is 1.00. The second-order valence-electron chi connectivity index (χ2n) is 6.19. The highest BCUT2D eigenvalue weighted by atomic mass is 15.2. The number of nitrogens with one attached hydrogen (secondary N) is 1. The minimum Gasteiger partial charge on any atom is -0.316 e. The molecule has 0 bridgehead atoms. The molecule has 1 aliphatic heterocycles. The molecule has 0 aromatic heterocycles. The van der Waals surface area contributed by atoms with Crippen molar-refractivity contribution in [3.8, 4) is 0 Å². The van der Waals surface area contributed by atoms with Gasteiger partial charge in [-0.25, -0.2) is 0 Å². The number of hydrogen-bond donors (Lipinski definition) is 1. The lowest BCUT2D eigenvalue weighted by Crippen LogP contribution is -2.42. The zero-order valence-corrected chi connectivity index (χ0v) is 10.5. The average molecular weight is 222 g/mol. The summed E-state index contributed by atoms with van der Waals surface area (Å²) in [6.45, 7) is 5.33. The Hall–Kier alpha value is -0.0800. The Morgan fingerprint density at radius 1 is 0.875 bits per heavy atom. The first kappa shape index (κ1) is 11.0. The van der Waals surface area contributed by atoms with Crippen LogP contribution in [-0.2, 0) is 0 Å².